The molecule has 0 saturated carbocycles. The number of hydrogen-bond acceptors (Lipinski definition) is 4. The number of amides is 2. The standard InChI is InChI=1S/C18H22N4O2/c1-13-17(6-9-19-21-13)20-18(23)22-10-7-14(8-11-22)15-4-3-5-16(12-15)24-2/h3-6,9,12,14H,7-8,10-11H2,1-2H3,(H,19,20,23). The highest BCUT2D eigenvalue weighted by Gasteiger charge is 2.24. The Balaban J connectivity index is 1.58. The van der Waals surface area contributed by atoms with Crippen molar-refractivity contribution in [3.05, 3.63) is 47.8 Å². The quantitative estimate of drug-likeness (QED) is 0.940. The predicted molar refractivity (Wildman–Crippen MR) is 92.3 cm³/mol. The van der Waals surface area contributed by atoms with Gasteiger partial charge in [0, 0.05) is 13.1 Å². The monoisotopic (exact) mass is 326 g/mol. The van der Waals surface area contributed by atoms with Gasteiger partial charge < -0.3 is 15.0 Å². The molecule has 1 aliphatic rings. The van der Waals surface area contributed by atoms with Gasteiger partial charge in [0.1, 0.15) is 5.75 Å². The molecular weight excluding hydrogens is 304 g/mol. The number of nitrogens with one attached hydrogen (secondary N) is 1. The summed E-state index contributed by atoms with van der Waals surface area (Å²) in [4.78, 5) is 14.3. The van der Waals surface area contributed by atoms with Crippen LogP contribution in [0.3, 0.4) is 0 Å². The molecule has 0 radical (unpaired) electrons. The topological polar surface area (TPSA) is 67.3 Å². The van der Waals surface area contributed by atoms with Crippen LogP contribution in [-0.4, -0.2) is 41.3 Å². The lowest BCUT2D eigenvalue weighted by Crippen LogP contribution is -2.40. The molecule has 1 aliphatic heterocycles. The maximum absolute atomic E-state index is 12.4. The minimum atomic E-state index is -0.0739. The van der Waals surface area contributed by atoms with Crippen molar-refractivity contribution in [2.45, 2.75) is 25.7 Å². The molecule has 0 atom stereocenters. The third kappa shape index (κ3) is 3.64. The Morgan fingerprint density at radius 3 is 2.79 bits per heavy atom. The van der Waals surface area contributed by atoms with Crippen LogP contribution in [0.4, 0.5) is 10.5 Å². The molecule has 3 rings (SSSR count). The Morgan fingerprint density at radius 1 is 1.29 bits per heavy atom. The molecule has 6 heteroatoms. The number of carbonyl (C=O) groups excluding carboxylic acids is 1. The molecule has 1 saturated heterocycles. The molecule has 2 amide bonds. The summed E-state index contributed by atoms with van der Waals surface area (Å²) >= 11 is 0. The zero-order chi connectivity index (χ0) is 16.9. The number of urea groups is 1. The molecule has 126 valence electrons. The first-order chi connectivity index (χ1) is 11.7. The summed E-state index contributed by atoms with van der Waals surface area (Å²) in [5, 5.41) is 10.7. The summed E-state index contributed by atoms with van der Waals surface area (Å²) in [5.41, 5.74) is 2.71. The van der Waals surface area contributed by atoms with Crippen LogP contribution in [0.5, 0.6) is 5.75 Å². The van der Waals surface area contributed by atoms with E-state index < -0.39 is 0 Å². The SMILES string of the molecule is COc1cccc(C2CCN(C(=O)Nc3ccnnc3C)CC2)c1. The van der Waals surface area contributed by atoms with Crippen molar-refractivity contribution in [3.63, 3.8) is 0 Å². The van der Waals surface area contributed by atoms with Crippen LogP contribution in [-0.2, 0) is 0 Å². The number of rotatable bonds is 3. The maximum Gasteiger partial charge on any atom is 0.321 e. The Hall–Kier alpha value is -2.63. The van der Waals surface area contributed by atoms with E-state index in [0.29, 0.717) is 11.6 Å². The van der Waals surface area contributed by atoms with Gasteiger partial charge in [-0.1, -0.05) is 12.1 Å². The van der Waals surface area contributed by atoms with E-state index in [4.69, 9.17) is 4.74 Å². The van der Waals surface area contributed by atoms with Crippen molar-refractivity contribution in [3.8, 4) is 5.75 Å². The normalized spacial score (nSPS) is 15.2. The lowest BCUT2D eigenvalue weighted by Gasteiger charge is -2.32. The Morgan fingerprint density at radius 2 is 2.08 bits per heavy atom. The second kappa shape index (κ2) is 7.29. The molecule has 24 heavy (non-hydrogen) atoms. The zero-order valence-corrected chi connectivity index (χ0v) is 14.0. The van der Waals surface area contributed by atoms with Gasteiger partial charge in [0.15, 0.2) is 0 Å². The van der Waals surface area contributed by atoms with Crippen molar-refractivity contribution in [2.24, 2.45) is 0 Å². The predicted octanol–water partition coefficient (Wildman–Crippen LogP) is 3.21. The van der Waals surface area contributed by atoms with E-state index >= 15 is 0 Å². The lowest BCUT2D eigenvalue weighted by atomic mass is 9.89. The van der Waals surface area contributed by atoms with Crippen LogP contribution >= 0.6 is 0 Å². The highest BCUT2D eigenvalue weighted by Crippen LogP contribution is 2.30. The van der Waals surface area contributed by atoms with Gasteiger partial charge in [0.25, 0.3) is 0 Å². The molecule has 0 bridgehead atoms. The molecule has 1 N–H and O–H groups in total. The average molecular weight is 326 g/mol. The van der Waals surface area contributed by atoms with Gasteiger partial charge in [-0.05, 0) is 49.4 Å². The molecule has 2 aromatic rings. The number of ether oxygens (including phenoxy) is 1. The van der Waals surface area contributed by atoms with E-state index in [-0.39, 0.29) is 6.03 Å². The van der Waals surface area contributed by atoms with Crippen LogP contribution in [0.15, 0.2) is 36.5 Å². The number of piperidine rings is 1. The largest absolute Gasteiger partial charge is 0.497 e. The summed E-state index contributed by atoms with van der Waals surface area (Å²) in [6.45, 7) is 3.31. The summed E-state index contributed by atoms with van der Waals surface area (Å²) < 4.78 is 5.30. The molecule has 0 aliphatic carbocycles. The van der Waals surface area contributed by atoms with Gasteiger partial charge in [-0.15, -0.1) is 0 Å². The van der Waals surface area contributed by atoms with E-state index in [1.807, 2.05) is 24.0 Å². The van der Waals surface area contributed by atoms with Gasteiger partial charge in [-0.25, -0.2) is 4.79 Å². The number of hydrogen-bond donors (Lipinski definition) is 1. The molecule has 0 spiro atoms. The average Bonchev–Trinajstić information content (AvgIpc) is 2.64. The molecular formula is C18H22N4O2. The van der Waals surface area contributed by atoms with Crippen LogP contribution in [0.25, 0.3) is 0 Å². The third-order valence-electron chi connectivity index (χ3n) is 4.49. The third-order valence-corrected chi connectivity index (χ3v) is 4.49. The fourth-order valence-electron chi connectivity index (χ4n) is 3.04. The van der Waals surface area contributed by atoms with E-state index in [9.17, 15) is 4.79 Å². The number of methoxy groups -OCH3 is 1. The number of aromatic nitrogens is 2. The van der Waals surface area contributed by atoms with Crippen molar-refractivity contribution >= 4 is 11.7 Å². The van der Waals surface area contributed by atoms with Crippen LogP contribution in [0.1, 0.15) is 30.0 Å². The van der Waals surface area contributed by atoms with Gasteiger partial charge in [-0.2, -0.15) is 10.2 Å². The second-order valence-corrected chi connectivity index (χ2v) is 6.00. The molecule has 1 aromatic heterocycles. The second-order valence-electron chi connectivity index (χ2n) is 6.00. The van der Waals surface area contributed by atoms with Crippen molar-refractivity contribution in [1.29, 1.82) is 0 Å². The Labute approximate surface area is 141 Å². The zero-order valence-electron chi connectivity index (χ0n) is 14.0. The molecule has 1 aromatic carbocycles. The minimum Gasteiger partial charge on any atom is -0.497 e. The summed E-state index contributed by atoms with van der Waals surface area (Å²) in [6, 6.07) is 9.89. The molecule has 2 heterocycles. The van der Waals surface area contributed by atoms with E-state index in [1.54, 1.807) is 19.4 Å². The molecule has 6 nitrogen and oxygen atoms in total. The van der Waals surface area contributed by atoms with Crippen LogP contribution in [0.2, 0.25) is 0 Å². The summed E-state index contributed by atoms with van der Waals surface area (Å²) in [7, 11) is 1.68. The van der Waals surface area contributed by atoms with Crippen LogP contribution in [0, 0.1) is 6.92 Å². The summed E-state index contributed by atoms with van der Waals surface area (Å²) in [5.74, 6) is 1.35. The molecule has 0 unspecified atom stereocenters. The van der Waals surface area contributed by atoms with E-state index in [1.165, 1.54) is 5.56 Å². The highest BCUT2D eigenvalue weighted by molar-refractivity contribution is 5.89. The van der Waals surface area contributed by atoms with Crippen molar-refractivity contribution < 1.29 is 9.53 Å². The maximum atomic E-state index is 12.4. The minimum absolute atomic E-state index is 0.0739. The van der Waals surface area contributed by atoms with Crippen LogP contribution < -0.4 is 10.1 Å². The van der Waals surface area contributed by atoms with E-state index in [0.717, 1.165) is 37.4 Å². The highest BCUT2D eigenvalue weighted by atomic mass is 16.5. The van der Waals surface area contributed by atoms with Gasteiger partial charge >= 0.3 is 6.03 Å². The number of nitrogens with zero attached hydrogens (tertiary/aromatic N) is 3. The van der Waals surface area contributed by atoms with Gasteiger partial charge in [-0.3, -0.25) is 0 Å². The van der Waals surface area contributed by atoms with Crippen molar-refractivity contribution in [1.82, 2.24) is 15.1 Å². The first kappa shape index (κ1) is 16.2. The van der Waals surface area contributed by atoms with E-state index in [2.05, 4.69) is 27.6 Å². The number of carbonyl (C=O) groups is 1. The number of likely N-dealkylation sites (tertiary alicyclic amines) is 1. The smallest absolute Gasteiger partial charge is 0.321 e. The van der Waals surface area contributed by atoms with Gasteiger partial charge in [0.2, 0.25) is 0 Å². The lowest BCUT2D eigenvalue weighted by molar-refractivity contribution is 0.194. The first-order valence-corrected chi connectivity index (χ1v) is 8.15. The molecule has 1 fully saturated rings. The fraction of sp³-hybridized carbons (Fsp3) is 0.389. The van der Waals surface area contributed by atoms with Crippen molar-refractivity contribution in [2.75, 3.05) is 25.5 Å². The summed E-state index contributed by atoms with van der Waals surface area (Å²) in [6.07, 6.45) is 3.49. The first-order valence-electron chi connectivity index (χ1n) is 8.15. The Bertz CT molecular complexity index is 712. The Kier molecular flexibility index (Phi) is 4.93. The number of anilines is 1. The number of aryl methyl sites for hydroxylation is 1. The fourth-order valence-corrected chi connectivity index (χ4v) is 3.04. The number of benzene rings is 1. The van der Waals surface area contributed by atoms with Gasteiger partial charge in [0.05, 0.1) is 24.7 Å².